The maximum Gasteiger partial charge on any atom is 0.324 e. The highest BCUT2D eigenvalue weighted by Gasteiger charge is 2.34. The highest BCUT2D eigenvalue weighted by atomic mass is 35.5. The largest absolute Gasteiger partial charge is 0.468 e. The van der Waals surface area contributed by atoms with Gasteiger partial charge in [0.2, 0.25) is 5.91 Å². The molecule has 1 saturated heterocycles. The van der Waals surface area contributed by atoms with Crippen LogP contribution in [0.2, 0.25) is 0 Å². The van der Waals surface area contributed by atoms with Gasteiger partial charge in [0.25, 0.3) is 0 Å². The topological polar surface area (TPSA) is 84.7 Å². The molecule has 1 rings (SSSR count). The van der Waals surface area contributed by atoms with Crippen molar-refractivity contribution in [2.75, 3.05) is 26.7 Å². The standard InChI is InChI=1S/C10H19N3O3.ClH/c1-10(2,11)6-13-5-8(14)12-4-7(13)9(15)16-3;/h7H,4-6,11H2,1-3H3,(H,12,14);1H. The molecule has 6 nitrogen and oxygen atoms in total. The smallest absolute Gasteiger partial charge is 0.324 e. The van der Waals surface area contributed by atoms with Crippen molar-refractivity contribution in [2.24, 2.45) is 5.73 Å². The van der Waals surface area contributed by atoms with E-state index in [9.17, 15) is 9.59 Å². The summed E-state index contributed by atoms with van der Waals surface area (Å²) in [5.74, 6) is -0.436. The molecule has 0 saturated carbocycles. The summed E-state index contributed by atoms with van der Waals surface area (Å²) in [4.78, 5) is 24.5. The van der Waals surface area contributed by atoms with Gasteiger partial charge in [0.1, 0.15) is 6.04 Å². The number of methoxy groups -OCH3 is 1. The molecule has 1 atom stereocenters. The van der Waals surface area contributed by atoms with Gasteiger partial charge in [-0.1, -0.05) is 0 Å². The first-order valence-corrected chi connectivity index (χ1v) is 5.21. The summed E-state index contributed by atoms with van der Waals surface area (Å²) in [5.41, 5.74) is 5.44. The van der Waals surface area contributed by atoms with Crippen LogP contribution >= 0.6 is 12.4 Å². The number of nitrogens with two attached hydrogens (primary N) is 1. The monoisotopic (exact) mass is 265 g/mol. The molecule has 1 fully saturated rings. The minimum atomic E-state index is -0.454. The molecule has 0 aromatic rings. The summed E-state index contributed by atoms with van der Waals surface area (Å²) >= 11 is 0. The SMILES string of the molecule is COC(=O)C1CNC(=O)CN1CC(C)(C)N.Cl. The normalized spacial score (nSPS) is 21.4. The van der Waals surface area contributed by atoms with Crippen molar-refractivity contribution in [1.82, 2.24) is 10.2 Å². The van der Waals surface area contributed by atoms with Gasteiger partial charge >= 0.3 is 5.97 Å². The number of esters is 1. The summed E-state index contributed by atoms with van der Waals surface area (Å²) in [7, 11) is 1.34. The molecular weight excluding hydrogens is 246 g/mol. The highest BCUT2D eigenvalue weighted by molar-refractivity contribution is 5.85. The number of halogens is 1. The van der Waals surface area contributed by atoms with Gasteiger partial charge in [-0.15, -0.1) is 12.4 Å². The maximum atomic E-state index is 11.5. The van der Waals surface area contributed by atoms with Gasteiger partial charge < -0.3 is 15.8 Å². The van der Waals surface area contributed by atoms with Crippen molar-refractivity contribution >= 4 is 24.3 Å². The van der Waals surface area contributed by atoms with Crippen LogP contribution in [-0.2, 0) is 14.3 Å². The van der Waals surface area contributed by atoms with Gasteiger partial charge in [-0.25, -0.2) is 0 Å². The van der Waals surface area contributed by atoms with Gasteiger partial charge in [0.05, 0.1) is 13.7 Å². The first-order valence-electron chi connectivity index (χ1n) is 5.21. The minimum absolute atomic E-state index is 0. The number of hydrogen-bond acceptors (Lipinski definition) is 5. The average Bonchev–Trinajstić information content (AvgIpc) is 2.14. The van der Waals surface area contributed by atoms with Crippen molar-refractivity contribution in [3.8, 4) is 0 Å². The number of nitrogens with zero attached hydrogens (tertiary/aromatic N) is 1. The molecule has 1 heterocycles. The van der Waals surface area contributed by atoms with E-state index in [-0.39, 0.29) is 37.4 Å². The van der Waals surface area contributed by atoms with Crippen LogP contribution in [0.25, 0.3) is 0 Å². The van der Waals surface area contributed by atoms with Crippen LogP contribution in [0.5, 0.6) is 0 Å². The molecule has 1 unspecified atom stereocenters. The van der Waals surface area contributed by atoms with E-state index < -0.39 is 11.6 Å². The molecule has 0 aromatic heterocycles. The average molecular weight is 266 g/mol. The van der Waals surface area contributed by atoms with Gasteiger partial charge in [-0.3, -0.25) is 14.5 Å². The van der Waals surface area contributed by atoms with Crippen LogP contribution in [0.3, 0.4) is 0 Å². The summed E-state index contributed by atoms with van der Waals surface area (Å²) in [6.45, 7) is 4.64. The van der Waals surface area contributed by atoms with Gasteiger partial charge in [-0.2, -0.15) is 0 Å². The van der Waals surface area contributed by atoms with E-state index in [0.29, 0.717) is 6.54 Å². The van der Waals surface area contributed by atoms with E-state index in [4.69, 9.17) is 10.5 Å². The van der Waals surface area contributed by atoms with Gasteiger partial charge in [0.15, 0.2) is 0 Å². The fourth-order valence-electron chi connectivity index (χ4n) is 1.75. The van der Waals surface area contributed by atoms with E-state index in [1.165, 1.54) is 7.11 Å². The van der Waals surface area contributed by atoms with Gasteiger partial charge in [-0.05, 0) is 13.8 Å². The second kappa shape index (κ2) is 6.18. The predicted molar refractivity (Wildman–Crippen MR) is 65.9 cm³/mol. The molecule has 3 N–H and O–H groups in total. The van der Waals surface area contributed by atoms with Gasteiger partial charge in [0, 0.05) is 18.6 Å². The number of hydrogen-bond donors (Lipinski definition) is 2. The van der Waals surface area contributed by atoms with Crippen LogP contribution < -0.4 is 11.1 Å². The molecule has 0 aromatic carbocycles. The Morgan fingerprint density at radius 2 is 2.24 bits per heavy atom. The lowest BCUT2D eigenvalue weighted by molar-refractivity contribution is -0.149. The predicted octanol–water partition coefficient (Wildman–Crippen LogP) is -0.881. The maximum absolute atomic E-state index is 11.5. The molecule has 0 radical (unpaired) electrons. The lowest BCUT2D eigenvalue weighted by atomic mass is 10.0. The van der Waals surface area contributed by atoms with Crippen molar-refractivity contribution < 1.29 is 14.3 Å². The first kappa shape index (κ1) is 16.1. The number of carbonyl (C=O) groups is 2. The van der Waals surface area contributed by atoms with Crippen LogP contribution in [0.1, 0.15) is 13.8 Å². The third-order valence-corrected chi connectivity index (χ3v) is 2.36. The third kappa shape index (κ3) is 4.89. The molecular formula is C10H20ClN3O3. The Bertz CT molecular complexity index is 291. The van der Waals surface area contributed by atoms with E-state index >= 15 is 0 Å². The van der Waals surface area contributed by atoms with Crippen molar-refractivity contribution in [3.05, 3.63) is 0 Å². The number of ether oxygens (including phenoxy) is 1. The zero-order valence-electron chi connectivity index (χ0n) is 10.4. The first-order chi connectivity index (χ1) is 7.33. The molecule has 1 amide bonds. The van der Waals surface area contributed by atoms with Crippen molar-refractivity contribution in [2.45, 2.75) is 25.4 Å². The Morgan fingerprint density at radius 3 is 2.71 bits per heavy atom. The van der Waals surface area contributed by atoms with Crippen LogP contribution in [-0.4, -0.2) is 55.1 Å². The summed E-state index contributed by atoms with van der Waals surface area (Å²) < 4.78 is 4.70. The number of piperazine rings is 1. The fraction of sp³-hybridized carbons (Fsp3) is 0.800. The second-order valence-corrected chi connectivity index (χ2v) is 4.74. The highest BCUT2D eigenvalue weighted by Crippen LogP contribution is 2.10. The third-order valence-electron chi connectivity index (χ3n) is 2.36. The molecule has 0 bridgehead atoms. The van der Waals surface area contributed by atoms with Crippen molar-refractivity contribution in [3.63, 3.8) is 0 Å². The zero-order valence-corrected chi connectivity index (χ0v) is 11.2. The Kier molecular flexibility index (Phi) is 5.87. The zero-order chi connectivity index (χ0) is 12.3. The Hall–Kier alpha value is -0.850. The molecule has 1 aliphatic rings. The molecule has 100 valence electrons. The minimum Gasteiger partial charge on any atom is -0.468 e. The Morgan fingerprint density at radius 1 is 1.65 bits per heavy atom. The Balaban J connectivity index is 0.00000256. The van der Waals surface area contributed by atoms with E-state index in [2.05, 4.69) is 5.32 Å². The van der Waals surface area contributed by atoms with Crippen molar-refractivity contribution in [1.29, 1.82) is 0 Å². The van der Waals surface area contributed by atoms with E-state index in [0.717, 1.165) is 0 Å². The molecule has 17 heavy (non-hydrogen) atoms. The van der Waals surface area contributed by atoms with E-state index in [1.54, 1.807) is 4.90 Å². The molecule has 1 aliphatic heterocycles. The summed E-state index contributed by atoms with van der Waals surface area (Å²) in [6, 6.07) is -0.439. The number of amides is 1. The molecule has 0 aliphatic carbocycles. The molecule has 7 heteroatoms. The molecule has 0 spiro atoms. The number of rotatable bonds is 3. The summed E-state index contributed by atoms with van der Waals surface area (Å²) in [6.07, 6.45) is 0. The summed E-state index contributed by atoms with van der Waals surface area (Å²) in [5, 5.41) is 2.64. The van der Waals surface area contributed by atoms with Crippen LogP contribution in [0.15, 0.2) is 0 Å². The van der Waals surface area contributed by atoms with E-state index in [1.807, 2.05) is 13.8 Å². The fourth-order valence-corrected chi connectivity index (χ4v) is 1.75. The second-order valence-electron chi connectivity index (χ2n) is 4.74. The Labute approximate surface area is 107 Å². The van der Waals surface area contributed by atoms with Crippen LogP contribution in [0, 0.1) is 0 Å². The number of carbonyl (C=O) groups excluding carboxylic acids is 2. The van der Waals surface area contributed by atoms with Crippen LogP contribution in [0.4, 0.5) is 0 Å². The lowest BCUT2D eigenvalue weighted by Gasteiger charge is -2.37. The quantitative estimate of drug-likeness (QED) is 0.648. The number of nitrogens with one attached hydrogen (secondary N) is 1. The lowest BCUT2D eigenvalue weighted by Crippen LogP contribution is -2.61.